The van der Waals surface area contributed by atoms with E-state index >= 15 is 0 Å². The third kappa shape index (κ3) is 7.20. The van der Waals surface area contributed by atoms with Crippen LogP contribution in [0.15, 0.2) is 78.0 Å². The Morgan fingerprint density at radius 2 is 1.66 bits per heavy atom. The molecule has 0 unspecified atom stereocenters. The van der Waals surface area contributed by atoms with Crippen molar-refractivity contribution in [2.75, 3.05) is 27.2 Å². The molecule has 5 aromatic rings. The van der Waals surface area contributed by atoms with E-state index in [0.29, 0.717) is 40.9 Å². The Hall–Kier alpha value is -4.87. The van der Waals surface area contributed by atoms with E-state index in [9.17, 15) is 18.0 Å². The lowest BCUT2D eigenvalue weighted by Gasteiger charge is -2.30. The lowest BCUT2D eigenvalue weighted by atomic mass is 9.92. The van der Waals surface area contributed by atoms with E-state index in [2.05, 4.69) is 24.0 Å². The first-order chi connectivity index (χ1) is 23.6. The molecule has 260 valence electrons. The molecule has 0 saturated heterocycles. The number of hydrogen-bond donors (Lipinski definition) is 0. The topological polar surface area (TPSA) is 115 Å². The minimum Gasteiger partial charge on any atom is -0.460 e. The molecule has 10 nitrogen and oxygen atoms in total. The summed E-state index contributed by atoms with van der Waals surface area (Å²) in [6.45, 7) is 11.8. The molecule has 0 saturated carbocycles. The fraction of sp³-hybridized carbons (Fsp3) is 0.333. The summed E-state index contributed by atoms with van der Waals surface area (Å²) in [6.07, 6.45) is 4.36. The minimum atomic E-state index is -4.00. The normalized spacial score (nSPS) is 13.7. The highest BCUT2D eigenvalue weighted by molar-refractivity contribution is 7.90. The Kier molecular flexibility index (Phi) is 9.41. The van der Waals surface area contributed by atoms with Gasteiger partial charge in [-0.3, -0.25) is 14.5 Å². The van der Waals surface area contributed by atoms with E-state index in [-0.39, 0.29) is 22.4 Å². The SMILES string of the molecule is Cc1ccc(S(=O)(=O)n2cc(-c3ccc(C(=O)N(C)C)cc3)c3nc(-c4cc(C)c5c(c4)CCN(CCC(=O)OC(C)(C)C)C5)cnc32)cc1. The average Bonchev–Trinajstić information content (AvgIpc) is 3.46. The second-order valence-corrected chi connectivity index (χ2v) is 16.0. The summed E-state index contributed by atoms with van der Waals surface area (Å²) in [5.74, 6) is -0.320. The predicted octanol–water partition coefficient (Wildman–Crippen LogP) is 6.41. The first-order valence-corrected chi connectivity index (χ1v) is 18.1. The molecule has 3 aromatic carbocycles. The Balaban J connectivity index is 1.37. The summed E-state index contributed by atoms with van der Waals surface area (Å²) in [4.78, 5) is 38.6. The lowest BCUT2D eigenvalue weighted by Crippen LogP contribution is -2.34. The van der Waals surface area contributed by atoms with Crippen LogP contribution in [0.25, 0.3) is 33.5 Å². The van der Waals surface area contributed by atoms with Crippen molar-refractivity contribution in [3.05, 3.63) is 101 Å². The highest BCUT2D eigenvalue weighted by Crippen LogP contribution is 2.34. The van der Waals surface area contributed by atoms with E-state index in [1.165, 1.54) is 20.0 Å². The molecule has 0 N–H and O–H groups in total. The molecular formula is C39H43N5O5S. The van der Waals surface area contributed by atoms with Gasteiger partial charge in [0.25, 0.3) is 15.9 Å². The summed E-state index contributed by atoms with van der Waals surface area (Å²) in [7, 11) is -0.610. The van der Waals surface area contributed by atoms with E-state index in [1.54, 1.807) is 75.0 Å². The van der Waals surface area contributed by atoms with Gasteiger partial charge in [-0.15, -0.1) is 0 Å². The molecule has 1 aliphatic rings. The highest BCUT2D eigenvalue weighted by Gasteiger charge is 2.26. The summed E-state index contributed by atoms with van der Waals surface area (Å²) in [5, 5.41) is 0. The van der Waals surface area contributed by atoms with Crippen molar-refractivity contribution in [1.29, 1.82) is 0 Å². The largest absolute Gasteiger partial charge is 0.460 e. The first-order valence-electron chi connectivity index (χ1n) is 16.7. The van der Waals surface area contributed by atoms with Gasteiger partial charge >= 0.3 is 5.97 Å². The minimum absolute atomic E-state index is 0.128. The number of hydrogen-bond acceptors (Lipinski definition) is 8. The van der Waals surface area contributed by atoms with Crippen LogP contribution in [0.4, 0.5) is 0 Å². The van der Waals surface area contributed by atoms with Crippen LogP contribution in [0.2, 0.25) is 0 Å². The van der Waals surface area contributed by atoms with Crippen molar-refractivity contribution in [3.8, 4) is 22.4 Å². The maximum atomic E-state index is 14.0. The quantitative estimate of drug-likeness (QED) is 0.171. The van der Waals surface area contributed by atoms with Gasteiger partial charge in [0.15, 0.2) is 5.65 Å². The fourth-order valence-corrected chi connectivity index (χ4v) is 7.59. The molecule has 3 heterocycles. The van der Waals surface area contributed by atoms with Crippen LogP contribution in [0, 0.1) is 13.8 Å². The van der Waals surface area contributed by atoms with Crippen LogP contribution in [-0.4, -0.2) is 76.8 Å². The van der Waals surface area contributed by atoms with Crippen LogP contribution in [-0.2, 0) is 32.5 Å². The summed E-state index contributed by atoms with van der Waals surface area (Å²) < 4.78 is 34.6. The number of amides is 1. The number of nitrogens with zero attached hydrogens (tertiary/aromatic N) is 5. The summed E-state index contributed by atoms with van der Waals surface area (Å²) in [6, 6.07) is 18.0. The molecule has 0 spiro atoms. The van der Waals surface area contributed by atoms with Crippen molar-refractivity contribution in [2.45, 2.75) is 64.5 Å². The third-order valence-corrected chi connectivity index (χ3v) is 10.5. The number of benzene rings is 3. The van der Waals surface area contributed by atoms with E-state index in [1.807, 2.05) is 27.7 Å². The van der Waals surface area contributed by atoms with Crippen LogP contribution >= 0.6 is 0 Å². The maximum Gasteiger partial charge on any atom is 0.307 e. The Morgan fingerprint density at radius 1 is 0.960 bits per heavy atom. The molecule has 50 heavy (non-hydrogen) atoms. The van der Waals surface area contributed by atoms with Crippen molar-refractivity contribution < 1.29 is 22.7 Å². The van der Waals surface area contributed by atoms with Crippen molar-refractivity contribution in [1.82, 2.24) is 23.7 Å². The van der Waals surface area contributed by atoms with Crippen LogP contribution < -0.4 is 0 Å². The Labute approximate surface area is 293 Å². The second-order valence-electron chi connectivity index (χ2n) is 14.2. The molecule has 1 amide bonds. The number of rotatable bonds is 8. The smallest absolute Gasteiger partial charge is 0.307 e. The molecule has 2 aromatic heterocycles. The second kappa shape index (κ2) is 13.4. The molecule has 0 radical (unpaired) electrons. The van der Waals surface area contributed by atoms with Crippen LogP contribution in [0.5, 0.6) is 0 Å². The number of carbonyl (C=O) groups excluding carboxylic acids is 2. The standard InChI is InChI=1S/C39H43N5O5S/c1-25-8-14-31(15-9-25)50(47,48)44-24-33(27-10-12-28(13-11-27)38(46)42(6)7)36-37(44)40-22-34(41-36)30-20-26(2)32-23-43(18-16-29(32)21-30)19-17-35(45)49-39(3,4)5/h8-15,20-22,24H,16-19,23H2,1-7H3. The number of ether oxygens (including phenoxy) is 1. The monoisotopic (exact) mass is 693 g/mol. The van der Waals surface area contributed by atoms with Crippen molar-refractivity contribution in [3.63, 3.8) is 0 Å². The van der Waals surface area contributed by atoms with Gasteiger partial charge in [-0.05, 0) is 99.7 Å². The Bertz CT molecular complexity index is 2200. The van der Waals surface area contributed by atoms with Crippen LogP contribution in [0.3, 0.4) is 0 Å². The molecular weight excluding hydrogens is 651 g/mol. The number of esters is 1. The highest BCUT2D eigenvalue weighted by atomic mass is 32.2. The van der Waals surface area contributed by atoms with Crippen molar-refractivity contribution in [2.24, 2.45) is 0 Å². The lowest BCUT2D eigenvalue weighted by molar-refractivity contribution is -0.155. The first kappa shape index (κ1) is 35.0. The van der Waals surface area contributed by atoms with Gasteiger partial charge in [-0.1, -0.05) is 29.8 Å². The van der Waals surface area contributed by atoms with Gasteiger partial charge in [-0.25, -0.2) is 22.4 Å². The molecule has 6 rings (SSSR count). The Morgan fingerprint density at radius 3 is 2.32 bits per heavy atom. The third-order valence-electron chi connectivity index (χ3n) is 8.88. The summed E-state index contributed by atoms with van der Waals surface area (Å²) >= 11 is 0. The van der Waals surface area contributed by atoms with Gasteiger partial charge in [-0.2, -0.15) is 0 Å². The zero-order valence-corrected chi connectivity index (χ0v) is 30.5. The molecule has 0 bridgehead atoms. The average molecular weight is 694 g/mol. The zero-order valence-electron chi connectivity index (χ0n) is 29.6. The number of aryl methyl sites for hydroxylation is 2. The molecule has 11 heteroatoms. The van der Waals surface area contributed by atoms with E-state index < -0.39 is 15.6 Å². The number of aromatic nitrogens is 3. The maximum absolute atomic E-state index is 14.0. The van der Waals surface area contributed by atoms with Gasteiger partial charge in [0.05, 0.1) is 23.2 Å². The molecule has 1 aliphatic heterocycles. The molecule has 0 fully saturated rings. The summed E-state index contributed by atoms with van der Waals surface area (Å²) in [5.41, 5.74) is 8.02. The van der Waals surface area contributed by atoms with E-state index in [0.717, 1.165) is 36.2 Å². The van der Waals surface area contributed by atoms with Crippen molar-refractivity contribution >= 4 is 33.1 Å². The number of fused-ring (bicyclic) bond motifs is 2. The number of carbonyl (C=O) groups is 2. The predicted molar refractivity (Wildman–Crippen MR) is 194 cm³/mol. The molecule has 0 aliphatic carbocycles. The fourth-order valence-electron chi connectivity index (χ4n) is 6.27. The van der Waals surface area contributed by atoms with Gasteiger partial charge in [0.2, 0.25) is 0 Å². The van der Waals surface area contributed by atoms with Crippen LogP contribution in [0.1, 0.15) is 59.8 Å². The zero-order chi connectivity index (χ0) is 36.0. The molecule has 0 atom stereocenters. The van der Waals surface area contributed by atoms with Gasteiger partial charge in [0, 0.05) is 56.6 Å². The van der Waals surface area contributed by atoms with Gasteiger partial charge < -0.3 is 9.64 Å². The van der Waals surface area contributed by atoms with Gasteiger partial charge in [0.1, 0.15) is 11.1 Å². The van der Waals surface area contributed by atoms with E-state index in [4.69, 9.17) is 14.7 Å².